The molecule has 0 atom stereocenters. The van der Waals surface area contributed by atoms with Crippen LogP contribution in [0.2, 0.25) is 0 Å². The van der Waals surface area contributed by atoms with E-state index in [1.165, 1.54) is 72.8 Å². The van der Waals surface area contributed by atoms with Gasteiger partial charge in [-0.1, -0.05) is 91.0 Å². The van der Waals surface area contributed by atoms with Crippen molar-refractivity contribution in [2.24, 2.45) is 0 Å². The van der Waals surface area contributed by atoms with Gasteiger partial charge < -0.3 is 26.0 Å². The van der Waals surface area contributed by atoms with Crippen molar-refractivity contribution in [1.82, 2.24) is 5.32 Å². The van der Waals surface area contributed by atoms with Gasteiger partial charge in [-0.15, -0.1) is 0 Å². The number of ketones is 6. The lowest BCUT2D eigenvalue weighted by Crippen LogP contribution is -2.27. The molecule has 6 aromatic rings. The molecule has 21 heteroatoms. The maximum absolute atomic E-state index is 13.1. The zero-order chi connectivity index (χ0) is 61.8. The van der Waals surface area contributed by atoms with Crippen LogP contribution in [0.15, 0.2) is 177 Å². The Kier molecular flexibility index (Phi) is 18.7. The first-order chi connectivity index (χ1) is 41.6. The van der Waals surface area contributed by atoms with E-state index < -0.39 is 52.6 Å². The van der Waals surface area contributed by atoms with Gasteiger partial charge in [-0.3, -0.25) is 28.8 Å². The standard InChI is InChI=1S/C22H22N2O4S.C22H21NO5S.C22H21NO4S2/c1-29(27,28)20-8-4-6-16-21(20)19(25)13-18(22(16)26)24-17-7-3-2-5-15(17)14-9-11-23-12-10-14;2*1-29(26,27)20-8-4-6-16-21(20)19(24)13-18(22(16)25)23-17-7-3-2-5-15(17)14-9-11-28-12-10-14/h2-8,13-14,23-24H,9-12H2,1H3;2*2-8,13-14,23H,9-12H2,1H3. The number of anilines is 3. The average Bonchev–Trinajstić information content (AvgIpc) is 1.41. The first kappa shape index (κ1) is 62.1. The van der Waals surface area contributed by atoms with Gasteiger partial charge in [-0.25, -0.2) is 25.3 Å². The van der Waals surface area contributed by atoms with Crippen molar-refractivity contribution in [2.75, 3.05) is 72.5 Å². The Hall–Kier alpha value is -7.92. The summed E-state index contributed by atoms with van der Waals surface area (Å²) in [4.78, 5) is 77.0. The van der Waals surface area contributed by atoms with Gasteiger partial charge in [0.2, 0.25) is 17.3 Å². The minimum absolute atomic E-state index is 0.0388. The van der Waals surface area contributed by atoms with Crippen molar-refractivity contribution in [2.45, 2.75) is 71.0 Å². The van der Waals surface area contributed by atoms with Crippen LogP contribution in [0.25, 0.3) is 0 Å². The first-order valence-corrected chi connectivity index (χ1v) is 35.3. The number of nitrogens with one attached hydrogen (secondary N) is 4. The highest BCUT2D eigenvalue weighted by molar-refractivity contribution is 7.99. The van der Waals surface area contributed by atoms with Crippen LogP contribution < -0.4 is 21.3 Å². The SMILES string of the molecule is CS(=O)(=O)c1cccc2c1C(=O)C=C(Nc1ccccc1C1CCNCC1)C2=O.CS(=O)(=O)c1cccc2c1C(=O)C=C(Nc1ccccc1C1CCOCC1)C2=O.CS(=O)(=O)c1cccc2c1C(=O)C=C(Nc1ccccc1C1CCSCC1)C2=O. The van der Waals surface area contributed by atoms with Crippen molar-refractivity contribution in [1.29, 1.82) is 0 Å². The van der Waals surface area contributed by atoms with Gasteiger partial charge in [-0.2, -0.15) is 11.8 Å². The van der Waals surface area contributed by atoms with E-state index in [4.69, 9.17) is 4.74 Å². The molecule has 0 saturated carbocycles. The third-order valence-electron chi connectivity index (χ3n) is 16.1. The second kappa shape index (κ2) is 26.2. The fraction of sp³-hybridized carbons (Fsp3) is 0.273. The predicted octanol–water partition coefficient (Wildman–Crippen LogP) is 10.4. The minimum Gasteiger partial charge on any atom is -0.381 e. The summed E-state index contributed by atoms with van der Waals surface area (Å²) in [5.74, 6) is 0.714. The summed E-state index contributed by atoms with van der Waals surface area (Å²) in [6.45, 7) is 3.28. The lowest BCUT2D eigenvalue weighted by atomic mass is 9.88. The van der Waals surface area contributed by atoms with Gasteiger partial charge in [0.15, 0.2) is 46.9 Å². The van der Waals surface area contributed by atoms with Gasteiger partial charge in [0, 0.05) is 84.0 Å². The van der Waals surface area contributed by atoms with Crippen LogP contribution >= 0.6 is 11.8 Å². The smallest absolute Gasteiger partial charge is 0.210 e. The number of hydrogen-bond acceptors (Lipinski definition) is 18. The van der Waals surface area contributed by atoms with E-state index in [2.05, 4.69) is 27.3 Å². The molecule has 450 valence electrons. The number of para-hydroxylation sites is 3. The van der Waals surface area contributed by atoms with Crippen molar-refractivity contribution in [3.8, 4) is 0 Å². The second-order valence-corrected chi connectivity index (χ2v) is 29.2. The molecule has 3 heterocycles. The molecule has 3 aliphatic heterocycles. The molecule has 3 saturated heterocycles. The summed E-state index contributed by atoms with van der Waals surface area (Å²) in [5.41, 5.74) is 6.41. The molecule has 3 aliphatic carbocycles. The van der Waals surface area contributed by atoms with E-state index in [1.54, 1.807) is 0 Å². The van der Waals surface area contributed by atoms with Crippen LogP contribution in [0.1, 0.15) is 135 Å². The average molecular weight is 1250 g/mol. The molecule has 0 unspecified atom stereocenters. The number of ether oxygens (including phenoxy) is 1. The minimum atomic E-state index is -3.63. The largest absolute Gasteiger partial charge is 0.381 e. The molecule has 4 N–H and O–H groups in total. The zero-order valence-electron chi connectivity index (χ0n) is 48.0. The Labute approximate surface area is 510 Å². The molecular formula is C66H64N4O13S4. The van der Waals surface area contributed by atoms with Gasteiger partial charge in [0.1, 0.15) is 0 Å². The maximum Gasteiger partial charge on any atom is 0.210 e. The zero-order valence-corrected chi connectivity index (χ0v) is 51.3. The molecule has 0 bridgehead atoms. The number of piperidine rings is 1. The fourth-order valence-corrected chi connectivity index (χ4v) is 15.7. The molecule has 87 heavy (non-hydrogen) atoms. The van der Waals surface area contributed by atoms with E-state index in [9.17, 15) is 54.0 Å². The molecule has 0 amide bonds. The molecule has 17 nitrogen and oxygen atoms in total. The molecule has 0 spiro atoms. The van der Waals surface area contributed by atoms with Crippen molar-refractivity contribution in [3.05, 3.63) is 213 Å². The van der Waals surface area contributed by atoms with E-state index in [1.807, 2.05) is 78.5 Å². The predicted molar refractivity (Wildman–Crippen MR) is 336 cm³/mol. The summed E-state index contributed by atoms with van der Waals surface area (Å²) in [6, 6.07) is 36.4. The summed E-state index contributed by atoms with van der Waals surface area (Å²) < 4.78 is 77.7. The summed E-state index contributed by atoms with van der Waals surface area (Å²) in [7, 11) is -10.9. The highest BCUT2D eigenvalue weighted by Gasteiger charge is 2.35. The quantitative estimate of drug-likeness (QED) is 0.0887. The first-order valence-electron chi connectivity index (χ1n) is 28.4. The van der Waals surface area contributed by atoms with E-state index >= 15 is 0 Å². The van der Waals surface area contributed by atoms with Gasteiger partial charge in [-0.05, 0) is 134 Å². The van der Waals surface area contributed by atoms with E-state index in [-0.39, 0.29) is 76.7 Å². The Morgan fingerprint density at radius 1 is 0.402 bits per heavy atom. The monoisotopic (exact) mass is 1250 g/mol. The van der Waals surface area contributed by atoms with Crippen LogP contribution in [0.5, 0.6) is 0 Å². The third-order valence-corrected chi connectivity index (χ3v) is 20.6. The maximum atomic E-state index is 13.1. The topological polar surface area (TPSA) is 262 Å². The molecule has 3 fully saturated rings. The third kappa shape index (κ3) is 13.8. The lowest BCUT2D eigenvalue weighted by molar-refractivity contribution is 0.0854. The number of thioether (sulfide) groups is 1. The van der Waals surface area contributed by atoms with Gasteiger partial charge >= 0.3 is 0 Å². The van der Waals surface area contributed by atoms with Crippen LogP contribution in [0.3, 0.4) is 0 Å². The van der Waals surface area contributed by atoms with Crippen LogP contribution in [0, 0.1) is 0 Å². The number of carbonyl (C=O) groups excluding carboxylic acids is 6. The highest BCUT2D eigenvalue weighted by Crippen LogP contribution is 2.39. The Bertz CT molecular complexity index is 3820. The molecule has 6 aromatic carbocycles. The lowest BCUT2D eigenvalue weighted by Gasteiger charge is -2.26. The number of hydrogen-bond donors (Lipinski definition) is 4. The Morgan fingerprint density at radius 2 is 0.713 bits per heavy atom. The molecular weight excluding hydrogens is 1190 g/mol. The number of rotatable bonds is 12. The summed E-state index contributed by atoms with van der Waals surface area (Å²) >= 11 is 1.95. The fourth-order valence-electron chi connectivity index (χ4n) is 11.9. The summed E-state index contributed by atoms with van der Waals surface area (Å²) in [5, 5.41) is 12.8. The van der Waals surface area contributed by atoms with Gasteiger partial charge in [0.05, 0.1) is 48.5 Å². The number of Topliss-reactive ketones (excluding diaryl/α,β-unsaturated/α-hetero) is 3. The molecule has 0 aromatic heterocycles. The van der Waals surface area contributed by atoms with Crippen LogP contribution in [-0.2, 0) is 34.2 Å². The summed E-state index contributed by atoms with van der Waals surface area (Å²) in [6.07, 6.45) is 12.7. The normalized spacial score (nSPS) is 17.6. The Balaban J connectivity index is 0.000000144. The number of benzene rings is 6. The van der Waals surface area contributed by atoms with E-state index in [0.29, 0.717) is 31.0 Å². The Morgan fingerprint density at radius 3 is 1.05 bits per heavy atom. The number of fused-ring (bicyclic) bond motifs is 3. The molecule has 6 aliphatic rings. The molecule has 12 rings (SSSR count). The van der Waals surface area contributed by atoms with Gasteiger partial charge in [0.25, 0.3) is 0 Å². The van der Waals surface area contributed by atoms with Crippen LogP contribution in [-0.4, -0.2) is 117 Å². The number of carbonyl (C=O) groups is 6. The van der Waals surface area contributed by atoms with Crippen molar-refractivity contribution < 1.29 is 58.8 Å². The van der Waals surface area contributed by atoms with Crippen LogP contribution in [0.4, 0.5) is 17.1 Å². The second-order valence-electron chi connectivity index (χ2n) is 22.0. The molecule has 0 radical (unpaired) electrons. The van der Waals surface area contributed by atoms with Crippen molar-refractivity contribution >= 4 is 93.0 Å². The van der Waals surface area contributed by atoms with Crippen molar-refractivity contribution in [3.63, 3.8) is 0 Å². The highest BCUT2D eigenvalue weighted by atomic mass is 32.2. The number of sulfone groups is 3. The van der Waals surface area contributed by atoms with E-state index in [0.717, 1.165) is 116 Å². The number of allylic oxidation sites excluding steroid dienone is 6.